The first-order valence-electron chi connectivity index (χ1n) is 5.92. The average Bonchev–Trinajstić information content (AvgIpc) is 2.39. The number of para-hydroxylation sites is 1. The molecule has 2 rings (SSSR count). The molecule has 2 N–H and O–H groups in total. The molecule has 1 atom stereocenters. The summed E-state index contributed by atoms with van der Waals surface area (Å²) in [6.07, 6.45) is 0. The van der Waals surface area contributed by atoms with Gasteiger partial charge in [0.25, 0.3) is 0 Å². The molecule has 0 aliphatic rings. The molecular formula is C15H14FNO2. The van der Waals surface area contributed by atoms with Crippen LogP contribution in [0.1, 0.15) is 28.9 Å². The fraction of sp³-hybridized carbons (Fsp3) is 0.133. The van der Waals surface area contributed by atoms with E-state index in [-0.39, 0.29) is 17.4 Å². The van der Waals surface area contributed by atoms with Crippen molar-refractivity contribution >= 4 is 11.7 Å². The van der Waals surface area contributed by atoms with Gasteiger partial charge in [-0.2, -0.15) is 0 Å². The number of benzene rings is 2. The molecule has 3 nitrogen and oxygen atoms in total. The van der Waals surface area contributed by atoms with E-state index >= 15 is 0 Å². The molecule has 2 aromatic rings. The second kappa shape index (κ2) is 5.52. The smallest absolute Gasteiger partial charge is 0.337 e. The van der Waals surface area contributed by atoms with Gasteiger partial charge in [0, 0.05) is 11.7 Å². The molecule has 1 unspecified atom stereocenters. The van der Waals surface area contributed by atoms with Gasteiger partial charge in [0.2, 0.25) is 0 Å². The number of carbonyl (C=O) groups is 1. The molecule has 19 heavy (non-hydrogen) atoms. The zero-order valence-corrected chi connectivity index (χ0v) is 10.4. The molecular weight excluding hydrogens is 245 g/mol. The maximum atomic E-state index is 12.8. The number of aromatic carboxylic acids is 1. The van der Waals surface area contributed by atoms with Crippen LogP contribution in [0, 0.1) is 5.82 Å². The van der Waals surface area contributed by atoms with Gasteiger partial charge in [0.05, 0.1) is 5.56 Å². The number of anilines is 1. The van der Waals surface area contributed by atoms with Gasteiger partial charge in [-0.1, -0.05) is 24.3 Å². The lowest BCUT2D eigenvalue weighted by Crippen LogP contribution is -2.10. The molecule has 0 heterocycles. The van der Waals surface area contributed by atoms with E-state index in [9.17, 15) is 9.18 Å². The zero-order chi connectivity index (χ0) is 13.8. The molecule has 0 saturated carbocycles. The molecule has 0 spiro atoms. The van der Waals surface area contributed by atoms with Crippen LogP contribution in [-0.2, 0) is 0 Å². The summed E-state index contributed by atoms with van der Waals surface area (Å²) in [5, 5.41) is 12.2. The highest BCUT2D eigenvalue weighted by atomic mass is 19.1. The minimum atomic E-state index is -0.977. The van der Waals surface area contributed by atoms with Gasteiger partial charge in [0.15, 0.2) is 0 Å². The first kappa shape index (κ1) is 13.1. The number of hydrogen-bond acceptors (Lipinski definition) is 2. The van der Waals surface area contributed by atoms with E-state index in [4.69, 9.17) is 5.11 Å². The summed E-state index contributed by atoms with van der Waals surface area (Å²) < 4.78 is 12.8. The van der Waals surface area contributed by atoms with Crippen molar-refractivity contribution in [2.24, 2.45) is 0 Å². The Balaban J connectivity index is 2.21. The van der Waals surface area contributed by atoms with Crippen LogP contribution in [0.25, 0.3) is 0 Å². The monoisotopic (exact) mass is 259 g/mol. The molecule has 0 amide bonds. The van der Waals surface area contributed by atoms with E-state index < -0.39 is 5.97 Å². The fourth-order valence-corrected chi connectivity index (χ4v) is 1.86. The standard InChI is InChI=1S/C15H14FNO2/c1-10(11-6-8-12(16)9-7-11)17-14-5-3-2-4-13(14)15(18)19/h2-10,17H,1H3,(H,18,19). The maximum absolute atomic E-state index is 12.8. The Hall–Kier alpha value is -2.36. The van der Waals surface area contributed by atoms with Crippen molar-refractivity contribution in [2.75, 3.05) is 5.32 Å². The number of hydrogen-bond donors (Lipinski definition) is 2. The van der Waals surface area contributed by atoms with Gasteiger partial charge < -0.3 is 10.4 Å². The van der Waals surface area contributed by atoms with E-state index in [1.54, 1.807) is 36.4 Å². The molecule has 0 fully saturated rings. The van der Waals surface area contributed by atoms with Crippen molar-refractivity contribution in [2.45, 2.75) is 13.0 Å². The third-order valence-electron chi connectivity index (χ3n) is 2.90. The van der Waals surface area contributed by atoms with E-state index in [1.165, 1.54) is 12.1 Å². The quantitative estimate of drug-likeness (QED) is 0.880. The van der Waals surface area contributed by atoms with Gasteiger partial charge >= 0.3 is 5.97 Å². The largest absolute Gasteiger partial charge is 0.478 e. The maximum Gasteiger partial charge on any atom is 0.337 e. The predicted molar refractivity (Wildman–Crippen MR) is 71.8 cm³/mol. The molecule has 98 valence electrons. The van der Waals surface area contributed by atoms with Gasteiger partial charge in [-0.25, -0.2) is 9.18 Å². The van der Waals surface area contributed by atoms with E-state index in [0.29, 0.717) is 5.69 Å². The summed E-state index contributed by atoms with van der Waals surface area (Å²) in [4.78, 5) is 11.1. The van der Waals surface area contributed by atoms with Crippen molar-refractivity contribution in [3.63, 3.8) is 0 Å². The molecule has 0 aliphatic heterocycles. The molecule has 4 heteroatoms. The van der Waals surface area contributed by atoms with Gasteiger partial charge in [0.1, 0.15) is 5.82 Å². The highest BCUT2D eigenvalue weighted by molar-refractivity contribution is 5.94. The lowest BCUT2D eigenvalue weighted by Gasteiger charge is -2.17. The Morgan fingerprint density at radius 1 is 1.16 bits per heavy atom. The average molecular weight is 259 g/mol. The van der Waals surface area contributed by atoms with Crippen molar-refractivity contribution in [3.8, 4) is 0 Å². The summed E-state index contributed by atoms with van der Waals surface area (Å²) in [6.45, 7) is 1.89. The van der Waals surface area contributed by atoms with Crippen LogP contribution in [0.15, 0.2) is 48.5 Å². The van der Waals surface area contributed by atoms with Crippen molar-refractivity contribution in [1.82, 2.24) is 0 Å². The Morgan fingerprint density at radius 2 is 1.79 bits per heavy atom. The number of carboxylic acid groups (broad SMARTS) is 1. The second-order valence-electron chi connectivity index (χ2n) is 4.27. The summed E-state index contributed by atoms with van der Waals surface area (Å²) in [5.74, 6) is -1.27. The lowest BCUT2D eigenvalue weighted by atomic mass is 10.1. The summed E-state index contributed by atoms with van der Waals surface area (Å²) in [5.41, 5.74) is 1.66. The molecule has 2 aromatic carbocycles. The van der Waals surface area contributed by atoms with Crippen molar-refractivity contribution in [3.05, 3.63) is 65.5 Å². The van der Waals surface area contributed by atoms with Gasteiger partial charge in [-0.3, -0.25) is 0 Å². The topological polar surface area (TPSA) is 49.3 Å². The molecule has 0 bridgehead atoms. The Kier molecular flexibility index (Phi) is 3.80. The highest BCUT2D eigenvalue weighted by Gasteiger charge is 2.12. The minimum absolute atomic E-state index is 0.110. The third-order valence-corrected chi connectivity index (χ3v) is 2.90. The summed E-state index contributed by atoms with van der Waals surface area (Å²) in [7, 11) is 0. The van der Waals surface area contributed by atoms with Gasteiger partial charge in [-0.05, 0) is 36.8 Å². The lowest BCUT2D eigenvalue weighted by molar-refractivity contribution is 0.0698. The molecule has 0 saturated heterocycles. The third kappa shape index (κ3) is 3.10. The van der Waals surface area contributed by atoms with Crippen molar-refractivity contribution < 1.29 is 14.3 Å². The van der Waals surface area contributed by atoms with Crippen molar-refractivity contribution in [1.29, 1.82) is 0 Å². The fourth-order valence-electron chi connectivity index (χ4n) is 1.86. The van der Waals surface area contributed by atoms with Crippen LogP contribution in [-0.4, -0.2) is 11.1 Å². The molecule has 0 radical (unpaired) electrons. The Bertz CT molecular complexity index is 581. The summed E-state index contributed by atoms with van der Waals surface area (Å²) >= 11 is 0. The Labute approximate surface area is 110 Å². The number of nitrogens with one attached hydrogen (secondary N) is 1. The molecule has 0 aromatic heterocycles. The van der Waals surface area contributed by atoms with E-state index in [1.807, 2.05) is 6.92 Å². The SMILES string of the molecule is CC(Nc1ccccc1C(=O)O)c1ccc(F)cc1. The predicted octanol–water partition coefficient (Wildman–Crippen LogP) is 3.70. The van der Waals surface area contributed by atoms with Gasteiger partial charge in [-0.15, -0.1) is 0 Å². The first-order valence-corrected chi connectivity index (χ1v) is 5.92. The van der Waals surface area contributed by atoms with E-state index in [0.717, 1.165) is 5.56 Å². The highest BCUT2D eigenvalue weighted by Crippen LogP contribution is 2.22. The van der Waals surface area contributed by atoms with Crippen LogP contribution in [0.5, 0.6) is 0 Å². The van der Waals surface area contributed by atoms with Crippen LogP contribution < -0.4 is 5.32 Å². The first-order chi connectivity index (χ1) is 9.08. The number of rotatable bonds is 4. The van der Waals surface area contributed by atoms with Crippen LogP contribution in [0.2, 0.25) is 0 Å². The van der Waals surface area contributed by atoms with E-state index in [2.05, 4.69) is 5.32 Å². The second-order valence-corrected chi connectivity index (χ2v) is 4.27. The Morgan fingerprint density at radius 3 is 2.42 bits per heavy atom. The number of carboxylic acids is 1. The zero-order valence-electron chi connectivity index (χ0n) is 10.4. The number of halogens is 1. The van der Waals surface area contributed by atoms with Crippen LogP contribution in [0.4, 0.5) is 10.1 Å². The normalized spacial score (nSPS) is 11.9. The van der Waals surface area contributed by atoms with Crippen LogP contribution in [0.3, 0.4) is 0 Å². The summed E-state index contributed by atoms with van der Waals surface area (Å²) in [6, 6.07) is 12.7. The minimum Gasteiger partial charge on any atom is -0.478 e. The molecule has 0 aliphatic carbocycles. The van der Waals surface area contributed by atoms with Crippen LogP contribution >= 0.6 is 0 Å².